The average Bonchev–Trinajstić information content (AvgIpc) is 2.59. The second kappa shape index (κ2) is 8.27. The van der Waals surface area contributed by atoms with Crippen LogP contribution in [0.4, 0.5) is 4.39 Å². The van der Waals surface area contributed by atoms with Crippen molar-refractivity contribution in [3.05, 3.63) is 69.5 Å². The zero-order valence-corrected chi connectivity index (χ0v) is 14.3. The van der Waals surface area contributed by atoms with Crippen LogP contribution in [0, 0.1) is 17.1 Å². The van der Waals surface area contributed by atoms with Crippen LogP contribution in [0.25, 0.3) is 6.08 Å². The summed E-state index contributed by atoms with van der Waals surface area (Å²) in [6.45, 7) is 0.291. The van der Waals surface area contributed by atoms with E-state index in [1.807, 2.05) is 0 Å². The van der Waals surface area contributed by atoms with Gasteiger partial charge in [0.1, 0.15) is 29.8 Å². The first-order valence-corrected chi connectivity index (χ1v) is 7.69. The molecule has 2 aromatic carbocycles. The Kier molecular flexibility index (Phi) is 6.10. The fraction of sp³-hybridized carbons (Fsp3) is 0.111. The molecule has 0 saturated carbocycles. The third kappa shape index (κ3) is 4.67. The standard InChI is InChI=1S/C18H13BrFNO3/c1-23-18(22)14(10-21)8-13-4-7-17(16(19)9-13)24-11-12-2-5-15(20)6-3-12/h2-9H,11H2,1H3/b14-8+. The van der Waals surface area contributed by atoms with Crippen LogP contribution in [-0.4, -0.2) is 13.1 Å². The Balaban J connectivity index is 2.12. The largest absolute Gasteiger partial charge is 0.488 e. The minimum atomic E-state index is -0.690. The van der Waals surface area contributed by atoms with E-state index in [4.69, 9.17) is 10.00 Å². The molecule has 0 saturated heterocycles. The summed E-state index contributed by atoms with van der Waals surface area (Å²) in [5, 5.41) is 8.96. The summed E-state index contributed by atoms with van der Waals surface area (Å²) in [4.78, 5) is 11.4. The molecular formula is C18H13BrFNO3. The maximum absolute atomic E-state index is 12.9. The number of nitrogens with zero attached hydrogens (tertiary/aromatic N) is 1. The summed E-state index contributed by atoms with van der Waals surface area (Å²) in [6.07, 6.45) is 1.43. The van der Waals surface area contributed by atoms with Crippen LogP contribution in [0.3, 0.4) is 0 Å². The van der Waals surface area contributed by atoms with Crippen LogP contribution >= 0.6 is 15.9 Å². The molecule has 0 aliphatic carbocycles. The number of nitriles is 1. The number of benzene rings is 2. The number of rotatable bonds is 5. The maximum atomic E-state index is 12.9. The number of esters is 1. The predicted molar refractivity (Wildman–Crippen MR) is 90.5 cm³/mol. The smallest absolute Gasteiger partial charge is 0.348 e. The highest BCUT2D eigenvalue weighted by Gasteiger charge is 2.09. The van der Waals surface area contributed by atoms with Crippen molar-refractivity contribution < 1.29 is 18.7 Å². The molecule has 0 unspecified atom stereocenters. The molecule has 0 N–H and O–H groups in total. The van der Waals surface area contributed by atoms with Gasteiger partial charge in [0.15, 0.2) is 0 Å². The molecule has 0 aliphatic heterocycles. The van der Waals surface area contributed by atoms with Gasteiger partial charge in [-0.1, -0.05) is 18.2 Å². The van der Waals surface area contributed by atoms with Gasteiger partial charge in [0, 0.05) is 0 Å². The molecule has 0 amide bonds. The minimum Gasteiger partial charge on any atom is -0.488 e. The third-order valence-electron chi connectivity index (χ3n) is 3.10. The van der Waals surface area contributed by atoms with Crippen molar-refractivity contribution in [2.24, 2.45) is 0 Å². The minimum absolute atomic E-state index is 0.0932. The molecular weight excluding hydrogens is 377 g/mol. The third-order valence-corrected chi connectivity index (χ3v) is 3.72. The fourth-order valence-electron chi connectivity index (χ4n) is 1.88. The molecule has 0 atom stereocenters. The van der Waals surface area contributed by atoms with E-state index in [1.54, 1.807) is 36.4 Å². The van der Waals surface area contributed by atoms with E-state index in [9.17, 15) is 9.18 Å². The molecule has 0 fully saturated rings. The van der Waals surface area contributed by atoms with Crippen molar-refractivity contribution in [1.82, 2.24) is 0 Å². The zero-order chi connectivity index (χ0) is 17.5. The van der Waals surface area contributed by atoms with E-state index < -0.39 is 5.97 Å². The second-order valence-corrected chi connectivity index (χ2v) is 5.62. The topological polar surface area (TPSA) is 59.3 Å². The van der Waals surface area contributed by atoms with Gasteiger partial charge in [-0.3, -0.25) is 0 Å². The molecule has 0 bridgehead atoms. The Morgan fingerprint density at radius 2 is 2.00 bits per heavy atom. The number of hydrogen-bond acceptors (Lipinski definition) is 4. The zero-order valence-electron chi connectivity index (χ0n) is 12.8. The van der Waals surface area contributed by atoms with E-state index in [-0.39, 0.29) is 11.4 Å². The lowest BCUT2D eigenvalue weighted by Crippen LogP contribution is -2.02. The Bertz CT molecular complexity index is 810. The van der Waals surface area contributed by atoms with Gasteiger partial charge in [-0.2, -0.15) is 5.26 Å². The number of carbonyl (C=O) groups excluding carboxylic acids is 1. The molecule has 0 spiro atoms. The highest BCUT2D eigenvalue weighted by molar-refractivity contribution is 9.10. The number of methoxy groups -OCH3 is 1. The molecule has 0 radical (unpaired) electrons. The van der Waals surface area contributed by atoms with Crippen molar-refractivity contribution in [3.63, 3.8) is 0 Å². The summed E-state index contributed by atoms with van der Waals surface area (Å²) >= 11 is 3.38. The summed E-state index contributed by atoms with van der Waals surface area (Å²) < 4.78 is 23.7. The van der Waals surface area contributed by atoms with E-state index in [0.717, 1.165) is 5.56 Å². The van der Waals surface area contributed by atoms with Gasteiger partial charge in [0.25, 0.3) is 0 Å². The average molecular weight is 390 g/mol. The number of carbonyl (C=O) groups is 1. The van der Waals surface area contributed by atoms with Crippen molar-refractivity contribution in [2.45, 2.75) is 6.61 Å². The first-order chi connectivity index (χ1) is 11.5. The van der Waals surface area contributed by atoms with Crippen molar-refractivity contribution >= 4 is 28.0 Å². The Morgan fingerprint density at radius 3 is 2.58 bits per heavy atom. The van der Waals surface area contributed by atoms with Gasteiger partial charge in [-0.15, -0.1) is 0 Å². The Labute approximate surface area is 147 Å². The van der Waals surface area contributed by atoms with Gasteiger partial charge >= 0.3 is 5.97 Å². The molecule has 122 valence electrons. The van der Waals surface area contributed by atoms with Crippen LogP contribution < -0.4 is 4.74 Å². The molecule has 24 heavy (non-hydrogen) atoms. The fourth-order valence-corrected chi connectivity index (χ4v) is 2.39. The second-order valence-electron chi connectivity index (χ2n) is 4.77. The van der Waals surface area contributed by atoms with Crippen LogP contribution in [0.15, 0.2) is 52.5 Å². The molecule has 0 aromatic heterocycles. The predicted octanol–water partition coefficient (Wildman–Crippen LogP) is 4.25. The van der Waals surface area contributed by atoms with E-state index >= 15 is 0 Å². The Hall–Kier alpha value is -2.65. The number of ether oxygens (including phenoxy) is 2. The first kappa shape index (κ1) is 17.7. The van der Waals surface area contributed by atoms with E-state index in [1.165, 1.54) is 25.3 Å². The Morgan fingerprint density at radius 1 is 1.29 bits per heavy atom. The SMILES string of the molecule is COC(=O)/C(C#N)=C/c1ccc(OCc2ccc(F)cc2)c(Br)c1. The van der Waals surface area contributed by atoms with E-state index in [0.29, 0.717) is 22.4 Å². The molecule has 6 heteroatoms. The molecule has 4 nitrogen and oxygen atoms in total. The number of halogens is 2. The van der Waals surface area contributed by atoms with Crippen LogP contribution in [0.2, 0.25) is 0 Å². The van der Waals surface area contributed by atoms with Gasteiger partial charge < -0.3 is 9.47 Å². The summed E-state index contributed by atoms with van der Waals surface area (Å²) in [6, 6.07) is 13.0. The van der Waals surface area contributed by atoms with Crippen molar-refractivity contribution in [1.29, 1.82) is 5.26 Å². The van der Waals surface area contributed by atoms with Gasteiger partial charge in [0.2, 0.25) is 0 Å². The maximum Gasteiger partial charge on any atom is 0.348 e. The van der Waals surface area contributed by atoms with Gasteiger partial charge in [-0.25, -0.2) is 9.18 Å². The van der Waals surface area contributed by atoms with Crippen molar-refractivity contribution in [3.8, 4) is 11.8 Å². The quantitative estimate of drug-likeness (QED) is 0.435. The van der Waals surface area contributed by atoms with E-state index in [2.05, 4.69) is 20.7 Å². The van der Waals surface area contributed by atoms with Crippen LogP contribution in [0.5, 0.6) is 5.75 Å². The lowest BCUT2D eigenvalue weighted by atomic mass is 10.1. The first-order valence-electron chi connectivity index (χ1n) is 6.90. The monoisotopic (exact) mass is 389 g/mol. The van der Waals surface area contributed by atoms with Crippen molar-refractivity contribution in [2.75, 3.05) is 7.11 Å². The molecule has 0 heterocycles. The summed E-state index contributed by atoms with van der Waals surface area (Å²) in [7, 11) is 1.22. The summed E-state index contributed by atoms with van der Waals surface area (Å²) in [5.41, 5.74) is 1.40. The molecule has 2 aromatic rings. The lowest BCUT2D eigenvalue weighted by Gasteiger charge is -2.09. The van der Waals surface area contributed by atoms with Crippen LogP contribution in [-0.2, 0) is 16.1 Å². The highest BCUT2D eigenvalue weighted by atomic mass is 79.9. The lowest BCUT2D eigenvalue weighted by molar-refractivity contribution is -0.135. The number of hydrogen-bond donors (Lipinski definition) is 0. The van der Waals surface area contributed by atoms with Gasteiger partial charge in [0.05, 0.1) is 11.6 Å². The summed E-state index contributed by atoms with van der Waals surface area (Å²) in [5.74, 6) is -0.395. The van der Waals surface area contributed by atoms with Crippen LogP contribution in [0.1, 0.15) is 11.1 Å². The van der Waals surface area contributed by atoms with Gasteiger partial charge in [-0.05, 0) is 57.4 Å². The molecule has 2 rings (SSSR count). The normalized spacial score (nSPS) is 10.8. The molecule has 0 aliphatic rings. The highest BCUT2D eigenvalue weighted by Crippen LogP contribution is 2.27.